The van der Waals surface area contributed by atoms with Gasteiger partial charge in [-0.15, -0.1) is 5.10 Å². The normalized spacial score (nSPS) is 10.1. The Morgan fingerprint density at radius 3 is 2.19 bits per heavy atom. The molecule has 0 saturated carbocycles. The van der Waals surface area contributed by atoms with Gasteiger partial charge in [0, 0.05) is 17.8 Å². The molecule has 138 valence electrons. The van der Waals surface area contributed by atoms with Gasteiger partial charge in [0.25, 0.3) is 0 Å². The van der Waals surface area contributed by atoms with Crippen molar-refractivity contribution in [2.75, 3.05) is 32.4 Å². The lowest BCUT2D eigenvalue weighted by Crippen LogP contribution is -2.04. The molecule has 0 fully saturated rings. The average molecular weight is 366 g/mol. The molecule has 0 aliphatic heterocycles. The van der Waals surface area contributed by atoms with Gasteiger partial charge in [-0.3, -0.25) is 0 Å². The zero-order valence-electron chi connectivity index (χ0n) is 15.1. The second-order valence-electron chi connectivity index (χ2n) is 5.40. The van der Waals surface area contributed by atoms with Crippen LogP contribution in [0.4, 0.5) is 17.6 Å². The van der Waals surface area contributed by atoms with Gasteiger partial charge < -0.3 is 25.3 Å². The van der Waals surface area contributed by atoms with Crippen molar-refractivity contribution >= 4 is 17.6 Å². The van der Waals surface area contributed by atoms with Gasteiger partial charge in [0.1, 0.15) is 0 Å². The largest absolute Gasteiger partial charge is 0.493 e. The second kappa shape index (κ2) is 7.53. The molecule has 0 spiro atoms. The molecule has 0 amide bonds. The minimum atomic E-state index is 0.106. The van der Waals surface area contributed by atoms with Gasteiger partial charge in [-0.25, -0.2) is 0 Å². The minimum absolute atomic E-state index is 0.106. The predicted molar refractivity (Wildman–Crippen MR) is 99.9 cm³/mol. The van der Waals surface area contributed by atoms with E-state index in [4.69, 9.17) is 25.2 Å². The zero-order chi connectivity index (χ0) is 19.4. The van der Waals surface area contributed by atoms with Crippen molar-refractivity contribution < 1.29 is 14.2 Å². The van der Waals surface area contributed by atoms with Gasteiger partial charge in [0.2, 0.25) is 17.6 Å². The number of nitrogens with two attached hydrogens (primary N) is 1. The van der Waals surface area contributed by atoms with Crippen LogP contribution in [0.25, 0.3) is 5.69 Å². The highest BCUT2D eigenvalue weighted by Crippen LogP contribution is 2.40. The van der Waals surface area contributed by atoms with Crippen LogP contribution >= 0.6 is 0 Å². The van der Waals surface area contributed by atoms with Crippen LogP contribution < -0.4 is 25.3 Å². The molecule has 9 nitrogen and oxygen atoms in total. The summed E-state index contributed by atoms with van der Waals surface area (Å²) < 4.78 is 17.6. The van der Waals surface area contributed by atoms with Crippen LogP contribution in [-0.2, 0) is 0 Å². The molecule has 2 aromatic carbocycles. The summed E-state index contributed by atoms with van der Waals surface area (Å²) in [5, 5.41) is 16.3. The maximum absolute atomic E-state index is 8.94. The smallest absolute Gasteiger partial charge is 0.241 e. The number of rotatable bonds is 6. The number of nitrogens with zero attached hydrogens (tertiary/aromatic N) is 4. The number of benzene rings is 2. The summed E-state index contributed by atoms with van der Waals surface area (Å²) >= 11 is 0. The number of anilines is 3. The van der Waals surface area contributed by atoms with Gasteiger partial charge in [0.05, 0.1) is 38.6 Å². The molecule has 1 heterocycles. The van der Waals surface area contributed by atoms with Gasteiger partial charge in [0.15, 0.2) is 11.5 Å². The number of nitrogens with one attached hydrogen (secondary N) is 1. The summed E-state index contributed by atoms with van der Waals surface area (Å²) in [4.78, 5) is 4.22. The molecule has 27 heavy (non-hydrogen) atoms. The molecule has 0 saturated heterocycles. The van der Waals surface area contributed by atoms with E-state index in [-0.39, 0.29) is 5.95 Å². The Morgan fingerprint density at radius 1 is 1.04 bits per heavy atom. The fraction of sp³-hybridized carbons (Fsp3) is 0.167. The fourth-order valence-electron chi connectivity index (χ4n) is 2.55. The van der Waals surface area contributed by atoms with Gasteiger partial charge in [-0.05, 0) is 24.3 Å². The summed E-state index contributed by atoms with van der Waals surface area (Å²) in [6.45, 7) is 0. The zero-order valence-corrected chi connectivity index (χ0v) is 15.1. The summed E-state index contributed by atoms with van der Waals surface area (Å²) in [6, 6.07) is 12.5. The highest BCUT2D eigenvalue weighted by Gasteiger charge is 2.16. The predicted octanol–water partition coefficient (Wildman–Crippen LogP) is 2.49. The molecular weight excluding hydrogens is 348 g/mol. The Hall–Kier alpha value is -3.93. The molecule has 0 bridgehead atoms. The second-order valence-corrected chi connectivity index (χ2v) is 5.40. The molecule has 0 unspecified atom stereocenters. The van der Waals surface area contributed by atoms with Crippen molar-refractivity contribution in [3.05, 3.63) is 42.0 Å². The van der Waals surface area contributed by atoms with Crippen LogP contribution in [0.5, 0.6) is 17.2 Å². The molecule has 0 atom stereocenters. The summed E-state index contributed by atoms with van der Waals surface area (Å²) in [5.74, 6) is 1.98. The average Bonchev–Trinajstić information content (AvgIpc) is 3.07. The number of ether oxygens (including phenoxy) is 3. The standard InChI is InChI=1S/C18H18N6O3/c1-25-14-8-12(9-15(26-2)16(14)27-3)21-18-22-17(20)23-24(18)13-6-4-11(10-19)5-7-13/h4-9H,1-3H3,(H3,20,21,22,23). The Bertz CT molecular complexity index is 966. The highest BCUT2D eigenvalue weighted by atomic mass is 16.5. The molecule has 3 N–H and O–H groups in total. The first kappa shape index (κ1) is 17.9. The van der Waals surface area contributed by atoms with E-state index < -0.39 is 0 Å². The third-order valence-electron chi connectivity index (χ3n) is 3.79. The van der Waals surface area contributed by atoms with Crippen molar-refractivity contribution in [2.24, 2.45) is 0 Å². The highest BCUT2D eigenvalue weighted by molar-refractivity contribution is 5.66. The van der Waals surface area contributed by atoms with Gasteiger partial charge >= 0.3 is 0 Å². The first-order valence-electron chi connectivity index (χ1n) is 7.89. The molecule has 0 aliphatic carbocycles. The van der Waals surface area contributed by atoms with E-state index in [1.807, 2.05) is 0 Å². The number of aromatic nitrogens is 3. The first-order valence-corrected chi connectivity index (χ1v) is 7.89. The Balaban J connectivity index is 2.00. The van der Waals surface area contributed by atoms with E-state index >= 15 is 0 Å². The van der Waals surface area contributed by atoms with Crippen molar-refractivity contribution in [1.29, 1.82) is 5.26 Å². The molecule has 0 radical (unpaired) electrons. The first-order chi connectivity index (χ1) is 13.1. The van der Waals surface area contributed by atoms with Crippen LogP contribution in [0, 0.1) is 11.3 Å². The van der Waals surface area contributed by atoms with Crippen LogP contribution in [0.15, 0.2) is 36.4 Å². The van der Waals surface area contributed by atoms with Crippen LogP contribution in [0.3, 0.4) is 0 Å². The van der Waals surface area contributed by atoms with Crippen molar-refractivity contribution in [1.82, 2.24) is 14.8 Å². The van der Waals surface area contributed by atoms with Crippen molar-refractivity contribution in [3.8, 4) is 29.0 Å². The number of hydrogen-bond donors (Lipinski definition) is 2. The Morgan fingerprint density at radius 2 is 1.67 bits per heavy atom. The molecule has 3 rings (SSSR count). The summed E-state index contributed by atoms with van der Waals surface area (Å²) in [6.07, 6.45) is 0. The molecule has 9 heteroatoms. The lowest BCUT2D eigenvalue weighted by Gasteiger charge is -2.15. The monoisotopic (exact) mass is 366 g/mol. The van der Waals surface area contributed by atoms with Crippen LogP contribution in [0.1, 0.15) is 5.56 Å². The quantitative estimate of drug-likeness (QED) is 0.683. The molecule has 0 aliphatic rings. The molecule has 3 aromatic rings. The number of methoxy groups -OCH3 is 3. The van der Waals surface area contributed by atoms with E-state index in [1.54, 1.807) is 41.1 Å². The minimum Gasteiger partial charge on any atom is -0.493 e. The van der Waals surface area contributed by atoms with Crippen LogP contribution in [0.2, 0.25) is 0 Å². The molecule has 1 aromatic heterocycles. The lowest BCUT2D eigenvalue weighted by molar-refractivity contribution is 0.324. The van der Waals surface area contributed by atoms with Crippen molar-refractivity contribution in [3.63, 3.8) is 0 Å². The number of nitriles is 1. The van der Waals surface area contributed by atoms with E-state index in [0.29, 0.717) is 40.1 Å². The lowest BCUT2D eigenvalue weighted by atomic mass is 10.2. The van der Waals surface area contributed by atoms with E-state index in [9.17, 15) is 0 Å². The topological polar surface area (TPSA) is 120 Å². The van der Waals surface area contributed by atoms with E-state index in [0.717, 1.165) is 0 Å². The Labute approximate surface area is 155 Å². The number of nitrogen functional groups attached to an aromatic ring is 1. The van der Waals surface area contributed by atoms with Gasteiger partial charge in [-0.1, -0.05) is 0 Å². The molecular formula is C18H18N6O3. The fourth-order valence-corrected chi connectivity index (χ4v) is 2.55. The van der Waals surface area contributed by atoms with Crippen molar-refractivity contribution in [2.45, 2.75) is 0 Å². The number of hydrogen-bond acceptors (Lipinski definition) is 8. The van der Waals surface area contributed by atoms with Gasteiger partial charge in [-0.2, -0.15) is 14.9 Å². The van der Waals surface area contributed by atoms with Crippen LogP contribution in [-0.4, -0.2) is 36.1 Å². The maximum atomic E-state index is 8.94. The third kappa shape index (κ3) is 3.55. The van der Waals surface area contributed by atoms with E-state index in [2.05, 4.69) is 21.5 Å². The van der Waals surface area contributed by atoms with E-state index in [1.165, 1.54) is 21.3 Å². The Kier molecular flexibility index (Phi) is 4.99. The summed E-state index contributed by atoms with van der Waals surface area (Å²) in [5.41, 5.74) is 7.67. The maximum Gasteiger partial charge on any atom is 0.241 e. The SMILES string of the molecule is COc1cc(Nc2nc(N)nn2-c2ccc(C#N)cc2)cc(OC)c1OC. The third-order valence-corrected chi connectivity index (χ3v) is 3.79. The summed E-state index contributed by atoms with van der Waals surface area (Å²) in [7, 11) is 4.62.